The third-order valence-corrected chi connectivity index (χ3v) is 2.26. The fraction of sp³-hybridized carbons (Fsp3) is 0.538. The summed E-state index contributed by atoms with van der Waals surface area (Å²) in [6.45, 7) is 4.31. The maximum Gasteiger partial charge on any atom is 0.422 e. The van der Waals surface area contributed by atoms with Crippen molar-refractivity contribution in [2.45, 2.75) is 39.0 Å². The van der Waals surface area contributed by atoms with Crippen LogP contribution in [0.4, 0.5) is 17.6 Å². The zero-order valence-corrected chi connectivity index (χ0v) is 11.1. The zero-order valence-electron chi connectivity index (χ0n) is 11.1. The van der Waals surface area contributed by atoms with Crippen molar-refractivity contribution >= 4 is 0 Å². The highest BCUT2D eigenvalue weighted by molar-refractivity contribution is 5.34. The molecule has 0 unspecified atom stereocenters. The van der Waals surface area contributed by atoms with Crippen molar-refractivity contribution in [3.63, 3.8) is 0 Å². The van der Waals surface area contributed by atoms with Gasteiger partial charge in [-0.25, -0.2) is 4.39 Å². The van der Waals surface area contributed by atoms with Crippen molar-refractivity contribution < 1.29 is 22.3 Å². The largest absolute Gasteiger partial charge is 0.484 e. The smallest absolute Gasteiger partial charge is 0.422 e. The van der Waals surface area contributed by atoms with Gasteiger partial charge in [-0.05, 0) is 32.9 Å². The average molecular weight is 279 g/mol. The van der Waals surface area contributed by atoms with Crippen molar-refractivity contribution in [2.75, 3.05) is 6.61 Å². The Bertz CT molecular complexity index is 424. The lowest BCUT2D eigenvalue weighted by Gasteiger charge is -2.22. The molecular weight excluding hydrogens is 262 g/mol. The number of hydrogen-bond donors (Lipinski definition) is 1. The summed E-state index contributed by atoms with van der Waals surface area (Å²) >= 11 is 0. The standard InChI is InChI=1S/C13H17F4NO/c1-12(2,3)18-7-9-10(14)5-4-6-11(9)19-8-13(15,16)17/h4-6,18H,7-8H2,1-3H3. The van der Waals surface area contributed by atoms with Gasteiger partial charge in [0.2, 0.25) is 0 Å². The third kappa shape index (κ3) is 5.92. The highest BCUT2D eigenvalue weighted by Gasteiger charge is 2.29. The Morgan fingerprint density at radius 2 is 1.79 bits per heavy atom. The van der Waals surface area contributed by atoms with Crippen LogP contribution in [-0.2, 0) is 6.54 Å². The van der Waals surface area contributed by atoms with Crippen molar-refractivity contribution in [2.24, 2.45) is 0 Å². The third-order valence-electron chi connectivity index (χ3n) is 2.26. The van der Waals surface area contributed by atoms with Crippen LogP contribution < -0.4 is 10.1 Å². The van der Waals surface area contributed by atoms with Gasteiger partial charge in [0.25, 0.3) is 0 Å². The van der Waals surface area contributed by atoms with E-state index in [4.69, 9.17) is 0 Å². The van der Waals surface area contributed by atoms with E-state index in [2.05, 4.69) is 10.1 Å². The first-order valence-corrected chi connectivity index (χ1v) is 5.80. The highest BCUT2D eigenvalue weighted by Crippen LogP contribution is 2.24. The summed E-state index contributed by atoms with van der Waals surface area (Å²) in [5, 5.41) is 3.02. The molecule has 0 heterocycles. The summed E-state index contributed by atoms with van der Waals surface area (Å²) < 4.78 is 54.6. The first-order valence-electron chi connectivity index (χ1n) is 5.80. The Balaban J connectivity index is 2.83. The Hall–Kier alpha value is -1.30. The van der Waals surface area contributed by atoms with E-state index in [1.807, 2.05) is 20.8 Å². The molecule has 0 bridgehead atoms. The molecule has 0 saturated heterocycles. The van der Waals surface area contributed by atoms with Gasteiger partial charge in [0.1, 0.15) is 11.6 Å². The van der Waals surface area contributed by atoms with E-state index in [1.54, 1.807) is 0 Å². The number of rotatable bonds is 4. The minimum Gasteiger partial charge on any atom is -0.484 e. The summed E-state index contributed by atoms with van der Waals surface area (Å²) in [4.78, 5) is 0. The van der Waals surface area contributed by atoms with Crippen LogP contribution in [0.3, 0.4) is 0 Å². The van der Waals surface area contributed by atoms with Gasteiger partial charge in [-0.15, -0.1) is 0 Å². The minimum atomic E-state index is -4.44. The van der Waals surface area contributed by atoms with Crippen molar-refractivity contribution in [3.05, 3.63) is 29.6 Å². The van der Waals surface area contributed by atoms with Crippen LogP contribution in [0.2, 0.25) is 0 Å². The van der Waals surface area contributed by atoms with Gasteiger partial charge in [-0.1, -0.05) is 6.07 Å². The quantitative estimate of drug-likeness (QED) is 0.849. The molecule has 0 aliphatic heterocycles. The Kier molecular flexibility index (Phi) is 4.79. The topological polar surface area (TPSA) is 21.3 Å². The van der Waals surface area contributed by atoms with E-state index >= 15 is 0 Å². The number of ether oxygens (including phenoxy) is 1. The second kappa shape index (κ2) is 5.77. The molecule has 0 fully saturated rings. The van der Waals surface area contributed by atoms with E-state index in [0.29, 0.717) is 0 Å². The molecule has 2 nitrogen and oxygen atoms in total. The van der Waals surface area contributed by atoms with Crippen molar-refractivity contribution in [1.82, 2.24) is 5.32 Å². The van der Waals surface area contributed by atoms with Gasteiger partial charge >= 0.3 is 6.18 Å². The molecule has 0 saturated carbocycles. The normalized spacial score (nSPS) is 12.6. The minimum absolute atomic E-state index is 0.0888. The zero-order chi connectivity index (χ0) is 14.7. The molecular formula is C13H17F4NO. The molecule has 0 aliphatic carbocycles. The number of hydrogen-bond acceptors (Lipinski definition) is 2. The van der Waals surface area contributed by atoms with Crippen molar-refractivity contribution in [1.29, 1.82) is 0 Å². The van der Waals surface area contributed by atoms with Gasteiger partial charge in [-0.3, -0.25) is 0 Å². The van der Waals surface area contributed by atoms with Gasteiger partial charge in [-0.2, -0.15) is 13.2 Å². The van der Waals surface area contributed by atoms with Gasteiger partial charge in [0.05, 0.1) is 0 Å². The number of alkyl halides is 3. The molecule has 1 aromatic rings. The molecule has 1 N–H and O–H groups in total. The SMILES string of the molecule is CC(C)(C)NCc1c(F)cccc1OCC(F)(F)F. The second-order valence-corrected chi connectivity index (χ2v) is 5.22. The lowest BCUT2D eigenvalue weighted by atomic mass is 10.1. The summed E-state index contributed by atoms with van der Waals surface area (Å²) in [6.07, 6.45) is -4.44. The number of halogens is 4. The van der Waals surface area contributed by atoms with E-state index < -0.39 is 18.6 Å². The maximum absolute atomic E-state index is 13.6. The van der Waals surface area contributed by atoms with Gasteiger partial charge in [0.15, 0.2) is 6.61 Å². The molecule has 108 valence electrons. The number of benzene rings is 1. The van der Waals surface area contributed by atoms with Gasteiger partial charge in [0, 0.05) is 17.6 Å². The van der Waals surface area contributed by atoms with E-state index in [-0.39, 0.29) is 23.4 Å². The Labute approximate surface area is 109 Å². The fourth-order valence-corrected chi connectivity index (χ4v) is 1.36. The van der Waals surface area contributed by atoms with Crippen LogP contribution >= 0.6 is 0 Å². The second-order valence-electron chi connectivity index (χ2n) is 5.22. The summed E-state index contributed by atoms with van der Waals surface area (Å²) in [5.41, 5.74) is -0.175. The van der Waals surface area contributed by atoms with Crippen LogP contribution in [0.5, 0.6) is 5.75 Å². The summed E-state index contributed by atoms with van der Waals surface area (Å²) in [6, 6.07) is 3.84. The first kappa shape index (κ1) is 15.8. The predicted octanol–water partition coefficient (Wildman–Crippen LogP) is 3.65. The van der Waals surface area contributed by atoms with Crippen LogP contribution in [0.1, 0.15) is 26.3 Å². The summed E-state index contributed by atoms with van der Waals surface area (Å²) in [5.74, 6) is -0.675. The maximum atomic E-state index is 13.6. The molecule has 0 aliphatic rings. The molecule has 19 heavy (non-hydrogen) atoms. The Morgan fingerprint density at radius 3 is 2.32 bits per heavy atom. The Morgan fingerprint density at radius 1 is 1.16 bits per heavy atom. The van der Waals surface area contributed by atoms with Crippen LogP contribution in [0.25, 0.3) is 0 Å². The van der Waals surface area contributed by atoms with Crippen LogP contribution in [0.15, 0.2) is 18.2 Å². The summed E-state index contributed by atoms with van der Waals surface area (Å²) in [7, 11) is 0. The number of nitrogens with one attached hydrogen (secondary N) is 1. The molecule has 0 amide bonds. The van der Waals surface area contributed by atoms with E-state index in [0.717, 1.165) is 0 Å². The molecule has 0 radical (unpaired) electrons. The lowest BCUT2D eigenvalue weighted by molar-refractivity contribution is -0.153. The fourth-order valence-electron chi connectivity index (χ4n) is 1.36. The van der Waals surface area contributed by atoms with Gasteiger partial charge < -0.3 is 10.1 Å². The lowest BCUT2D eigenvalue weighted by Crippen LogP contribution is -2.35. The molecule has 0 aromatic heterocycles. The van der Waals surface area contributed by atoms with Crippen LogP contribution in [0, 0.1) is 5.82 Å². The van der Waals surface area contributed by atoms with Crippen LogP contribution in [-0.4, -0.2) is 18.3 Å². The van der Waals surface area contributed by atoms with E-state index in [1.165, 1.54) is 18.2 Å². The first-order chi connectivity index (χ1) is 8.58. The highest BCUT2D eigenvalue weighted by atomic mass is 19.4. The average Bonchev–Trinajstić information content (AvgIpc) is 2.22. The monoisotopic (exact) mass is 279 g/mol. The molecule has 6 heteroatoms. The molecule has 0 spiro atoms. The molecule has 0 atom stereocenters. The molecule has 1 rings (SSSR count). The van der Waals surface area contributed by atoms with E-state index in [9.17, 15) is 17.6 Å². The molecule has 1 aromatic carbocycles. The predicted molar refractivity (Wildman–Crippen MR) is 64.5 cm³/mol. The van der Waals surface area contributed by atoms with Crippen molar-refractivity contribution in [3.8, 4) is 5.75 Å².